The number of epoxide rings is 1. The Morgan fingerprint density at radius 3 is 1.56 bits per heavy atom. The van der Waals surface area contributed by atoms with Crippen molar-refractivity contribution < 1.29 is 24.1 Å². The van der Waals surface area contributed by atoms with Crippen molar-refractivity contribution in [2.75, 3.05) is 39.5 Å². The van der Waals surface area contributed by atoms with Crippen molar-refractivity contribution in [3.05, 3.63) is 0 Å². The molecule has 0 aromatic heterocycles. The molecule has 0 saturated carbocycles. The fourth-order valence-corrected chi connectivity index (χ4v) is 7.76. The molecule has 0 radical (unpaired) electrons. The summed E-state index contributed by atoms with van der Waals surface area (Å²) in [5, 5.41) is 9.40. The zero-order valence-electron chi connectivity index (χ0n) is 35.5. The molecule has 6 nitrogen and oxygen atoms in total. The Hall–Kier alpha value is -0.690. The molecule has 4 atom stereocenters. The quantitative estimate of drug-likeness (QED) is 0.0382. The van der Waals surface area contributed by atoms with Gasteiger partial charge in [0.1, 0.15) is 6.10 Å². The molecule has 0 aliphatic carbocycles. The van der Waals surface area contributed by atoms with E-state index in [0.29, 0.717) is 25.2 Å². The average molecular weight is 738 g/mol. The van der Waals surface area contributed by atoms with E-state index < -0.39 is 0 Å². The summed E-state index contributed by atoms with van der Waals surface area (Å²) in [5.74, 6) is 0.874. The minimum atomic E-state index is 0.0591. The smallest absolute Gasteiger partial charge is 0.308 e. The molecule has 1 N–H and O–H groups in total. The van der Waals surface area contributed by atoms with Crippen LogP contribution in [0, 0.1) is 11.8 Å². The van der Waals surface area contributed by atoms with Crippen LogP contribution in [0.15, 0.2) is 0 Å². The van der Waals surface area contributed by atoms with Gasteiger partial charge in [-0.15, -0.1) is 0 Å². The minimum absolute atomic E-state index is 0.0591. The number of esters is 1. The molecule has 0 spiro atoms. The van der Waals surface area contributed by atoms with Crippen LogP contribution in [0.5, 0.6) is 0 Å². The highest BCUT2D eigenvalue weighted by Crippen LogP contribution is 2.36. The first-order chi connectivity index (χ1) is 25.6. The summed E-state index contributed by atoms with van der Waals surface area (Å²) in [6.45, 7) is 14.1. The SMILES string of the molecule is CCCCCCC(CCCC)C(=O)OCCCCCCCCCN(CCCO)CCCCCCCCCOC1OC1C(CCCC)CCCCCC. The number of carbonyl (C=O) groups is 1. The maximum atomic E-state index is 12.6. The van der Waals surface area contributed by atoms with E-state index >= 15 is 0 Å². The molecule has 52 heavy (non-hydrogen) atoms. The maximum Gasteiger partial charge on any atom is 0.308 e. The van der Waals surface area contributed by atoms with Gasteiger partial charge in [-0.3, -0.25) is 4.79 Å². The van der Waals surface area contributed by atoms with Crippen molar-refractivity contribution in [2.24, 2.45) is 11.8 Å². The van der Waals surface area contributed by atoms with Crippen LogP contribution in [0.2, 0.25) is 0 Å². The number of aliphatic hydroxyl groups excluding tert-OH is 1. The lowest BCUT2D eigenvalue weighted by atomic mass is 9.92. The molecule has 0 bridgehead atoms. The van der Waals surface area contributed by atoms with Gasteiger partial charge >= 0.3 is 5.97 Å². The molecule has 1 saturated heterocycles. The number of unbranched alkanes of at least 4 members (excludes halogenated alkanes) is 20. The largest absolute Gasteiger partial charge is 0.465 e. The normalized spacial score (nSPS) is 16.8. The van der Waals surface area contributed by atoms with Gasteiger partial charge in [-0.2, -0.15) is 0 Å². The Morgan fingerprint density at radius 1 is 0.538 bits per heavy atom. The predicted molar refractivity (Wildman–Crippen MR) is 222 cm³/mol. The Labute approximate surface area is 324 Å². The van der Waals surface area contributed by atoms with E-state index in [2.05, 4.69) is 32.6 Å². The van der Waals surface area contributed by atoms with E-state index in [1.807, 2.05) is 0 Å². The molecule has 1 aliphatic heterocycles. The molecule has 4 unspecified atom stereocenters. The molecule has 6 heteroatoms. The third-order valence-corrected chi connectivity index (χ3v) is 11.3. The van der Waals surface area contributed by atoms with Gasteiger partial charge in [-0.25, -0.2) is 0 Å². The predicted octanol–water partition coefficient (Wildman–Crippen LogP) is 13.0. The fourth-order valence-electron chi connectivity index (χ4n) is 7.76. The van der Waals surface area contributed by atoms with Crippen molar-refractivity contribution in [3.63, 3.8) is 0 Å². The summed E-state index contributed by atoms with van der Waals surface area (Å²) < 4.78 is 17.8. The van der Waals surface area contributed by atoms with Crippen LogP contribution in [0.4, 0.5) is 0 Å². The monoisotopic (exact) mass is 738 g/mol. The zero-order valence-corrected chi connectivity index (χ0v) is 35.5. The summed E-state index contributed by atoms with van der Waals surface area (Å²) in [5.41, 5.74) is 0. The maximum absolute atomic E-state index is 12.6. The second kappa shape index (κ2) is 37.2. The first kappa shape index (κ1) is 49.3. The highest BCUT2D eigenvalue weighted by molar-refractivity contribution is 5.72. The summed E-state index contributed by atoms with van der Waals surface area (Å²) >= 11 is 0. The van der Waals surface area contributed by atoms with E-state index in [0.717, 1.165) is 77.5 Å². The lowest BCUT2D eigenvalue weighted by Gasteiger charge is -2.22. The van der Waals surface area contributed by atoms with Crippen molar-refractivity contribution in [3.8, 4) is 0 Å². The molecule has 1 fully saturated rings. The highest BCUT2D eigenvalue weighted by Gasteiger charge is 2.45. The van der Waals surface area contributed by atoms with E-state index in [1.165, 1.54) is 148 Å². The second-order valence-corrected chi connectivity index (χ2v) is 16.3. The van der Waals surface area contributed by atoms with Gasteiger partial charge in [-0.05, 0) is 76.8 Å². The van der Waals surface area contributed by atoms with Gasteiger partial charge in [0, 0.05) is 19.8 Å². The molecule has 0 aromatic carbocycles. The Balaban J connectivity index is 2.02. The lowest BCUT2D eigenvalue weighted by molar-refractivity contribution is -0.149. The Bertz CT molecular complexity index is 750. The molecular formula is C46H91NO5. The number of carbonyl (C=O) groups excluding carboxylic acids is 1. The molecule has 1 heterocycles. The topological polar surface area (TPSA) is 71.5 Å². The van der Waals surface area contributed by atoms with Crippen LogP contribution >= 0.6 is 0 Å². The standard InChI is InChI=1S/C46H91NO5/c1-5-9-13-25-34-42(32-11-7-3)44-46(52-44)51-41-30-24-20-16-18-22-28-37-47(38-31-39-48)36-27-21-17-15-19-23-29-40-50-45(49)43(33-12-8-4)35-26-14-10-6-2/h42-44,46,48H,5-41H2,1-4H3. The third-order valence-electron chi connectivity index (χ3n) is 11.3. The Kier molecular flexibility index (Phi) is 35.3. The second-order valence-electron chi connectivity index (χ2n) is 16.3. The van der Waals surface area contributed by atoms with Crippen LogP contribution in [-0.2, 0) is 19.0 Å². The number of hydrogen-bond donors (Lipinski definition) is 1. The first-order valence-electron chi connectivity index (χ1n) is 23.4. The average Bonchev–Trinajstić information content (AvgIpc) is 3.93. The number of ether oxygens (including phenoxy) is 3. The molecule has 0 aromatic rings. The van der Waals surface area contributed by atoms with Gasteiger partial charge in [0.05, 0.1) is 12.5 Å². The van der Waals surface area contributed by atoms with Crippen LogP contribution in [0.25, 0.3) is 0 Å². The van der Waals surface area contributed by atoms with Crippen LogP contribution < -0.4 is 0 Å². The van der Waals surface area contributed by atoms with E-state index in [-0.39, 0.29) is 18.2 Å². The van der Waals surface area contributed by atoms with E-state index in [9.17, 15) is 9.90 Å². The van der Waals surface area contributed by atoms with Gasteiger partial charge in [0.25, 0.3) is 0 Å². The first-order valence-corrected chi connectivity index (χ1v) is 23.4. The fraction of sp³-hybridized carbons (Fsp3) is 0.978. The zero-order chi connectivity index (χ0) is 37.7. The van der Waals surface area contributed by atoms with Crippen LogP contribution in [0.1, 0.15) is 227 Å². The van der Waals surface area contributed by atoms with Crippen molar-refractivity contribution in [1.29, 1.82) is 0 Å². The summed E-state index contributed by atoms with van der Waals surface area (Å²) in [4.78, 5) is 15.2. The number of aliphatic hydroxyl groups is 1. The van der Waals surface area contributed by atoms with Gasteiger partial charge in [0.2, 0.25) is 0 Å². The lowest BCUT2D eigenvalue weighted by Crippen LogP contribution is -2.27. The molecule has 1 aliphatic rings. The summed E-state index contributed by atoms with van der Waals surface area (Å²) in [6, 6.07) is 0. The van der Waals surface area contributed by atoms with Gasteiger partial charge < -0.3 is 24.2 Å². The van der Waals surface area contributed by atoms with E-state index in [4.69, 9.17) is 14.2 Å². The minimum Gasteiger partial charge on any atom is -0.465 e. The van der Waals surface area contributed by atoms with Crippen molar-refractivity contribution >= 4 is 5.97 Å². The van der Waals surface area contributed by atoms with Gasteiger partial charge in [-0.1, -0.05) is 169 Å². The molecule has 0 amide bonds. The number of nitrogens with zero attached hydrogens (tertiary/aromatic N) is 1. The van der Waals surface area contributed by atoms with Crippen LogP contribution in [0.3, 0.4) is 0 Å². The van der Waals surface area contributed by atoms with Gasteiger partial charge in [0.15, 0.2) is 6.29 Å². The van der Waals surface area contributed by atoms with E-state index in [1.54, 1.807) is 0 Å². The molecular weight excluding hydrogens is 647 g/mol. The third kappa shape index (κ3) is 28.7. The molecule has 1 rings (SSSR count). The van der Waals surface area contributed by atoms with Crippen LogP contribution in [-0.4, -0.2) is 67.8 Å². The highest BCUT2D eigenvalue weighted by atomic mass is 16.8. The number of rotatable bonds is 42. The summed E-state index contributed by atoms with van der Waals surface area (Å²) in [6.07, 6.45) is 38.6. The molecule has 310 valence electrons. The number of hydrogen-bond acceptors (Lipinski definition) is 6. The van der Waals surface area contributed by atoms with Crippen molar-refractivity contribution in [1.82, 2.24) is 4.90 Å². The van der Waals surface area contributed by atoms with Crippen molar-refractivity contribution in [2.45, 2.75) is 239 Å². The Morgan fingerprint density at radius 2 is 0.981 bits per heavy atom. The summed E-state index contributed by atoms with van der Waals surface area (Å²) in [7, 11) is 0.